The van der Waals surface area contributed by atoms with E-state index in [0.29, 0.717) is 11.3 Å². The number of alkyl halides is 3. The van der Waals surface area contributed by atoms with Crippen molar-refractivity contribution in [3.63, 3.8) is 0 Å². The third kappa shape index (κ3) is 4.63. The van der Waals surface area contributed by atoms with Gasteiger partial charge in [0.2, 0.25) is 5.91 Å². The highest BCUT2D eigenvalue weighted by atomic mass is 32.2. The van der Waals surface area contributed by atoms with Crippen LogP contribution >= 0.6 is 23.1 Å². The predicted octanol–water partition coefficient (Wildman–Crippen LogP) is -0.336. The van der Waals surface area contributed by atoms with E-state index in [-0.39, 0.29) is 24.3 Å². The predicted molar refractivity (Wildman–Crippen MR) is 106 cm³/mol. The second kappa shape index (κ2) is 8.97. The first-order valence-corrected chi connectivity index (χ1v) is 10.7. The summed E-state index contributed by atoms with van der Waals surface area (Å²) in [6.45, 7) is -0.345. The average Bonchev–Trinajstić information content (AvgIpc) is 3.22. The fraction of sp³-hybridized carbons (Fsp3) is 0.438. The highest BCUT2D eigenvalue weighted by Gasteiger charge is 2.57. The van der Waals surface area contributed by atoms with Crippen LogP contribution in [0.15, 0.2) is 10.5 Å². The first kappa shape index (κ1) is 24.4. The number of β-lactam (4-membered cyclic amide) rings is 1. The molecule has 2 aliphatic heterocycles. The summed E-state index contributed by atoms with van der Waals surface area (Å²) in [5, 5.41) is 16.8. The van der Waals surface area contributed by atoms with Crippen molar-refractivity contribution >= 4 is 63.9 Å². The van der Waals surface area contributed by atoms with Crippen molar-refractivity contribution in [2.24, 2.45) is 10.6 Å². The molecule has 2 unspecified atom stereocenters. The number of carbonyl (C=O) groups excluding carboxylic acids is 4. The number of aromatic nitrogens is 1. The highest BCUT2D eigenvalue weighted by molar-refractivity contribution is 8.00. The van der Waals surface area contributed by atoms with Crippen molar-refractivity contribution in [3.8, 4) is 0 Å². The van der Waals surface area contributed by atoms with Gasteiger partial charge in [-0.15, -0.1) is 23.1 Å². The number of carbonyl (C=O) groups is 5. The average molecular weight is 509 g/mol. The van der Waals surface area contributed by atoms with Gasteiger partial charge in [0, 0.05) is 17.7 Å². The number of anilines is 1. The summed E-state index contributed by atoms with van der Waals surface area (Å²) in [5.41, 5.74) is -2.43. The molecule has 1 aromatic heterocycles. The fourth-order valence-corrected chi connectivity index (χ4v) is 5.14. The molecule has 2 fully saturated rings. The van der Waals surface area contributed by atoms with Crippen molar-refractivity contribution in [1.29, 1.82) is 0 Å². The molecule has 0 aromatic carbocycles. The number of carboxylic acid groups (broad SMARTS) is 1. The Morgan fingerprint density at radius 2 is 2.12 bits per heavy atom. The van der Waals surface area contributed by atoms with Crippen molar-refractivity contribution in [2.75, 3.05) is 24.7 Å². The zero-order valence-electron chi connectivity index (χ0n) is 16.4. The van der Waals surface area contributed by atoms with E-state index in [9.17, 15) is 42.3 Å². The van der Waals surface area contributed by atoms with Crippen LogP contribution < -0.4 is 10.6 Å². The smallest absolute Gasteiger partial charge is 0.471 e. The number of aldehydes is 1. The second-order valence-corrected chi connectivity index (χ2v) is 8.77. The number of aliphatic carboxylic acids is 1. The number of carboxylic acids is 1. The number of nitrogens with one attached hydrogen (secondary N) is 2. The molecule has 3 atom stereocenters. The van der Waals surface area contributed by atoms with Gasteiger partial charge >= 0.3 is 18.1 Å². The van der Waals surface area contributed by atoms with Crippen LogP contribution in [0, 0.1) is 5.41 Å². The number of thiazole rings is 1. The Bertz CT molecular complexity index is 1050. The third-order valence-electron chi connectivity index (χ3n) is 4.67. The third-order valence-corrected chi connectivity index (χ3v) is 6.97. The molecule has 3 N–H and O–H groups in total. The number of oxime groups is 1. The highest BCUT2D eigenvalue weighted by Crippen LogP contribution is 2.41. The standard InChI is InChI=1S/C16H14F3N5O7S2/c1-31-23-7(6-2-32-14(20-6)22-12(28)16(17,18)19)9(26)21-8-10(27)24-3-15(4-25,13(29)30)5-33-11(8)24/h2,4,8,11H,3,5H2,1H3,(H,21,26)(H,29,30)(H,20,22,28)/t8?,11-,15?/m1/s1. The summed E-state index contributed by atoms with van der Waals surface area (Å²) in [6, 6.07) is -1.06. The SMILES string of the molecule is CON=C(C(=O)NC1C(=O)N2CC(C=O)(C(=O)O)CS[C@H]12)c1csc(NC(=O)C(F)(F)F)n1. The summed E-state index contributed by atoms with van der Waals surface area (Å²) in [5.74, 6) is -5.29. The first-order chi connectivity index (χ1) is 15.4. The number of halogens is 3. The van der Waals surface area contributed by atoms with Gasteiger partial charge in [-0.1, -0.05) is 5.16 Å². The van der Waals surface area contributed by atoms with Crippen LogP contribution in [0.5, 0.6) is 0 Å². The summed E-state index contributed by atoms with van der Waals surface area (Å²) < 4.78 is 37.2. The maximum atomic E-state index is 12.7. The Morgan fingerprint density at radius 3 is 2.70 bits per heavy atom. The van der Waals surface area contributed by atoms with Crippen LogP contribution in [-0.2, 0) is 28.8 Å². The number of amides is 3. The van der Waals surface area contributed by atoms with Gasteiger partial charge in [0.05, 0.1) is 0 Å². The van der Waals surface area contributed by atoms with Crippen LogP contribution in [0.1, 0.15) is 5.69 Å². The molecule has 0 bridgehead atoms. The maximum Gasteiger partial charge on any atom is 0.471 e. The first-order valence-electron chi connectivity index (χ1n) is 8.81. The number of rotatable bonds is 7. The molecule has 0 aliphatic carbocycles. The van der Waals surface area contributed by atoms with E-state index in [1.165, 1.54) is 0 Å². The molecule has 0 spiro atoms. The van der Waals surface area contributed by atoms with E-state index in [2.05, 4.69) is 20.3 Å². The number of hydrogen-bond donors (Lipinski definition) is 3. The lowest BCUT2D eigenvalue weighted by Gasteiger charge is -2.52. The molecule has 33 heavy (non-hydrogen) atoms. The molecule has 3 rings (SSSR count). The summed E-state index contributed by atoms with van der Waals surface area (Å²) in [6.07, 6.45) is -4.86. The Labute approximate surface area is 190 Å². The molecule has 3 heterocycles. The molecular formula is C16H14F3N5O7S2. The van der Waals surface area contributed by atoms with Crippen molar-refractivity contribution in [3.05, 3.63) is 11.1 Å². The van der Waals surface area contributed by atoms with Crippen molar-refractivity contribution in [2.45, 2.75) is 17.6 Å². The van der Waals surface area contributed by atoms with Crippen LogP contribution in [-0.4, -0.2) is 87.7 Å². The molecular weight excluding hydrogens is 495 g/mol. The van der Waals surface area contributed by atoms with Gasteiger partial charge in [-0.3, -0.25) is 24.5 Å². The number of hydrogen-bond acceptors (Lipinski definition) is 10. The second-order valence-electron chi connectivity index (χ2n) is 6.81. The molecule has 178 valence electrons. The van der Waals surface area contributed by atoms with Crippen LogP contribution in [0.4, 0.5) is 18.3 Å². The summed E-state index contributed by atoms with van der Waals surface area (Å²) >= 11 is 1.60. The van der Waals surface area contributed by atoms with Crippen LogP contribution in [0.3, 0.4) is 0 Å². The van der Waals surface area contributed by atoms with E-state index in [1.54, 1.807) is 5.32 Å². The molecule has 2 aliphatic rings. The van der Waals surface area contributed by atoms with Crippen LogP contribution in [0.2, 0.25) is 0 Å². The van der Waals surface area contributed by atoms with Crippen molar-refractivity contribution < 1.29 is 47.1 Å². The van der Waals surface area contributed by atoms with Gasteiger partial charge in [0.25, 0.3) is 5.91 Å². The molecule has 17 heteroatoms. The van der Waals surface area contributed by atoms with Crippen molar-refractivity contribution in [1.82, 2.24) is 15.2 Å². The monoisotopic (exact) mass is 509 g/mol. The van der Waals surface area contributed by atoms with E-state index in [0.717, 1.165) is 29.2 Å². The summed E-state index contributed by atoms with van der Waals surface area (Å²) in [4.78, 5) is 68.3. The van der Waals surface area contributed by atoms with Gasteiger partial charge in [-0.25, -0.2) is 4.98 Å². The number of nitrogens with zero attached hydrogens (tertiary/aromatic N) is 3. The quantitative estimate of drug-likeness (QED) is 0.146. The summed E-state index contributed by atoms with van der Waals surface area (Å²) in [7, 11) is 1.10. The number of thioether (sulfide) groups is 1. The zero-order chi connectivity index (χ0) is 24.6. The van der Waals surface area contributed by atoms with E-state index < -0.39 is 57.5 Å². The largest absolute Gasteiger partial charge is 0.480 e. The minimum Gasteiger partial charge on any atom is -0.480 e. The lowest BCUT2D eigenvalue weighted by Crippen LogP contribution is -2.74. The Hall–Kier alpha value is -3.21. The molecule has 2 saturated heterocycles. The lowest BCUT2D eigenvalue weighted by molar-refractivity contribution is -0.167. The van der Waals surface area contributed by atoms with E-state index >= 15 is 0 Å². The van der Waals surface area contributed by atoms with Crippen LogP contribution in [0.25, 0.3) is 0 Å². The molecule has 0 saturated carbocycles. The Balaban J connectivity index is 1.70. The fourth-order valence-electron chi connectivity index (χ4n) is 2.96. The normalized spacial score (nSPS) is 24.9. The Kier molecular flexibility index (Phi) is 6.64. The van der Waals surface area contributed by atoms with E-state index in [4.69, 9.17) is 0 Å². The van der Waals surface area contributed by atoms with E-state index in [1.807, 2.05) is 0 Å². The minimum absolute atomic E-state index is 0.111. The topological polar surface area (TPSA) is 167 Å². The minimum atomic E-state index is -5.14. The molecule has 3 amide bonds. The van der Waals surface area contributed by atoms with Gasteiger partial charge in [-0.2, -0.15) is 13.2 Å². The molecule has 0 radical (unpaired) electrons. The molecule has 1 aromatic rings. The molecule has 12 nitrogen and oxygen atoms in total. The van der Waals surface area contributed by atoms with Gasteiger partial charge in [0.1, 0.15) is 35.9 Å². The van der Waals surface area contributed by atoms with Gasteiger partial charge in [0.15, 0.2) is 10.8 Å². The Morgan fingerprint density at radius 1 is 1.42 bits per heavy atom. The van der Waals surface area contributed by atoms with Gasteiger partial charge in [-0.05, 0) is 0 Å². The lowest BCUT2D eigenvalue weighted by atomic mass is 9.89. The maximum absolute atomic E-state index is 12.7. The van der Waals surface area contributed by atoms with Gasteiger partial charge < -0.3 is 25.0 Å². The zero-order valence-corrected chi connectivity index (χ0v) is 18.0. The number of fused-ring (bicyclic) bond motifs is 1.